The van der Waals surface area contributed by atoms with Crippen LogP contribution >= 0.6 is 0 Å². The van der Waals surface area contributed by atoms with Crippen molar-refractivity contribution in [3.05, 3.63) is 59.2 Å². The number of methoxy groups -OCH3 is 1. The third-order valence-corrected chi connectivity index (χ3v) is 4.18. The van der Waals surface area contributed by atoms with E-state index in [4.69, 9.17) is 4.74 Å². The van der Waals surface area contributed by atoms with Crippen molar-refractivity contribution in [3.8, 4) is 11.5 Å². The van der Waals surface area contributed by atoms with Crippen molar-refractivity contribution < 1.29 is 9.84 Å². The summed E-state index contributed by atoms with van der Waals surface area (Å²) in [5, 5.41) is 13.4. The van der Waals surface area contributed by atoms with Gasteiger partial charge in [-0.2, -0.15) is 0 Å². The molecule has 3 nitrogen and oxygen atoms in total. The van der Waals surface area contributed by atoms with E-state index in [2.05, 4.69) is 29.6 Å². The molecule has 3 rings (SSSR count). The minimum absolute atomic E-state index is 0.200. The molecule has 21 heavy (non-hydrogen) atoms. The fourth-order valence-corrected chi connectivity index (χ4v) is 2.98. The second-order valence-electron chi connectivity index (χ2n) is 5.60. The average Bonchev–Trinajstić information content (AvgIpc) is 2.53. The molecule has 0 aliphatic heterocycles. The summed E-state index contributed by atoms with van der Waals surface area (Å²) in [5.41, 5.74) is 4.02. The number of hydrogen-bond donors (Lipinski definition) is 2. The highest BCUT2D eigenvalue weighted by Gasteiger charge is 2.17. The second kappa shape index (κ2) is 6.19. The Bertz CT molecular complexity index is 624. The van der Waals surface area contributed by atoms with Crippen LogP contribution in [0.1, 0.15) is 23.1 Å². The van der Waals surface area contributed by atoms with Crippen LogP contribution in [0, 0.1) is 0 Å². The van der Waals surface area contributed by atoms with Gasteiger partial charge in [0.05, 0.1) is 7.11 Å². The first-order valence-electron chi connectivity index (χ1n) is 7.42. The largest absolute Gasteiger partial charge is 0.504 e. The van der Waals surface area contributed by atoms with Crippen LogP contribution in [0.15, 0.2) is 42.5 Å². The van der Waals surface area contributed by atoms with Crippen molar-refractivity contribution in [2.45, 2.75) is 31.8 Å². The molecule has 0 aromatic heterocycles. The average molecular weight is 283 g/mol. The van der Waals surface area contributed by atoms with E-state index in [1.165, 1.54) is 17.5 Å². The topological polar surface area (TPSA) is 41.5 Å². The highest BCUT2D eigenvalue weighted by Crippen LogP contribution is 2.26. The van der Waals surface area contributed by atoms with E-state index in [0.29, 0.717) is 11.8 Å². The number of phenols is 1. The van der Waals surface area contributed by atoms with E-state index in [9.17, 15) is 5.11 Å². The van der Waals surface area contributed by atoms with E-state index >= 15 is 0 Å². The molecule has 0 spiro atoms. The summed E-state index contributed by atoms with van der Waals surface area (Å²) < 4.78 is 5.06. The molecule has 110 valence electrons. The molecule has 0 fully saturated rings. The number of rotatable bonds is 4. The number of nitrogens with one attached hydrogen (secondary N) is 1. The third-order valence-electron chi connectivity index (χ3n) is 4.18. The van der Waals surface area contributed by atoms with Gasteiger partial charge < -0.3 is 15.2 Å². The minimum atomic E-state index is 0.200. The monoisotopic (exact) mass is 283 g/mol. The Balaban J connectivity index is 1.60. The van der Waals surface area contributed by atoms with Crippen LogP contribution in [-0.4, -0.2) is 18.3 Å². The quantitative estimate of drug-likeness (QED) is 0.906. The number of phenolic OH excluding ortho intramolecular Hbond substituents is 1. The zero-order valence-corrected chi connectivity index (χ0v) is 12.3. The molecule has 0 amide bonds. The lowest BCUT2D eigenvalue weighted by Crippen LogP contribution is -2.34. The number of fused-ring (bicyclic) bond motifs is 1. The van der Waals surface area contributed by atoms with Gasteiger partial charge in [-0.3, -0.25) is 0 Å². The van der Waals surface area contributed by atoms with Crippen molar-refractivity contribution in [2.75, 3.05) is 7.11 Å². The van der Waals surface area contributed by atoms with Crippen LogP contribution in [0.25, 0.3) is 0 Å². The molecule has 2 N–H and O–H groups in total. The molecule has 2 aromatic carbocycles. The molecular formula is C18H21NO2. The van der Waals surface area contributed by atoms with Crippen molar-refractivity contribution >= 4 is 0 Å². The minimum Gasteiger partial charge on any atom is -0.504 e. The normalized spacial score (nSPS) is 17.3. The second-order valence-corrected chi connectivity index (χ2v) is 5.60. The Morgan fingerprint density at radius 1 is 1.19 bits per heavy atom. The molecular weight excluding hydrogens is 262 g/mol. The van der Waals surface area contributed by atoms with Gasteiger partial charge in [-0.15, -0.1) is 0 Å². The summed E-state index contributed by atoms with van der Waals surface area (Å²) in [4.78, 5) is 0. The van der Waals surface area contributed by atoms with Crippen molar-refractivity contribution in [3.63, 3.8) is 0 Å². The number of benzene rings is 2. The summed E-state index contributed by atoms with van der Waals surface area (Å²) in [6.45, 7) is 0.768. The molecule has 0 saturated carbocycles. The van der Waals surface area contributed by atoms with Gasteiger partial charge in [0.1, 0.15) is 0 Å². The van der Waals surface area contributed by atoms with E-state index in [1.54, 1.807) is 13.2 Å². The van der Waals surface area contributed by atoms with Gasteiger partial charge in [0.2, 0.25) is 0 Å². The molecule has 0 radical (unpaired) electrons. The van der Waals surface area contributed by atoms with Gasteiger partial charge in [0.15, 0.2) is 11.5 Å². The maximum absolute atomic E-state index is 9.81. The molecule has 2 aromatic rings. The molecule has 1 aliphatic carbocycles. The Morgan fingerprint density at radius 2 is 2.00 bits per heavy atom. The summed E-state index contributed by atoms with van der Waals surface area (Å²) in [7, 11) is 1.56. The molecule has 0 saturated heterocycles. The first kappa shape index (κ1) is 14.0. The Morgan fingerprint density at radius 3 is 2.76 bits per heavy atom. The number of ether oxygens (including phenoxy) is 1. The van der Waals surface area contributed by atoms with E-state index in [0.717, 1.165) is 24.9 Å². The zero-order chi connectivity index (χ0) is 14.7. The predicted octanol–water partition coefficient (Wildman–Crippen LogP) is 3.05. The van der Waals surface area contributed by atoms with E-state index in [-0.39, 0.29) is 5.75 Å². The van der Waals surface area contributed by atoms with Crippen LogP contribution < -0.4 is 10.1 Å². The third kappa shape index (κ3) is 3.19. The molecule has 1 unspecified atom stereocenters. The van der Waals surface area contributed by atoms with Crippen molar-refractivity contribution in [2.24, 2.45) is 0 Å². The zero-order valence-electron chi connectivity index (χ0n) is 12.3. The van der Waals surface area contributed by atoms with E-state index < -0.39 is 0 Å². The first-order valence-corrected chi connectivity index (χ1v) is 7.42. The number of aromatic hydroxyl groups is 1. The lowest BCUT2D eigenvalue weighted by atomic mass is 9.88. The Hall–Kier alpha value is -2.00. The summed E-state index contributed by atoms with van der Waals surface area (Å²) in [5.74, 6) is 0.719. The van der Waals surface area contributed by atoms with Crippen LogP contribution in [0.2, 0.25) is 0 Å². The summed E-state index contributed by atoms with van der Waals surface area (Å²) in [6.07, 6.45) is 3.39. The standard InChI is InChI=1S/C18H21NO2/c1-21-18-9-6-13(10-17(18)20)12-19-16-8-7-14-4-2-3-5-15(14)11-16/h2-6,9-10,16,19-20H,7-8,11-12H2,1H3. The molecule has 0 bridgehead atoms. The van der Waals surface area contributed by atoms with Crippen LogP contribution in [-0.2, 0) is 19.4 Å². The maximum atomic E-state index is 9.81. The molecule has 1 atom stereocenters. The Labute approximate surface area is 125 Å². The number of aryl methyl sites for hydroxylation is 1. The predicted molar refractivity (Wildman–Crippen MR) is 83.8 cm³/mol. The van der Waals surface area contributed by atoms with Crippen molar-refractivity contribution in [1.82, 2.24) is 5.32 Å². The Kier molecular flexibility index (Phi) is 4.11. The van der Waals surface area contributed by atoms with Crippen LogP contribution in [0.3, 0.4) is 0 Å². The lowest BCUT2D eigenvalue weighted by Gasteiger charge is -2.25. The fourth-order valence-electron chi connectivity index (χ4n) is 2.98. The molecule has 3 heteroatoms. The highest BCUT2D eigenvalue weighted by molar-refractivity contribution is 5.41. The van der Waals surface area contributed by atoms with Gasteiger partial charge >= 0.3 is 0 Å². The first-order chi connectivity index (χ1) is 10.3. The van der Waals surface area contributed by atoms with Gasteiger partial charge in [0, 0.05) is 12.6 Å². The number of hydrogen-bond acceptors (Lipinski definition) is 3. The van der Waals surface area contributed by atoms with Gasteiger partial charge in [-0.1, -0.05) is 30.3 Å². The van der Waals surface area contributed by atoms with Gasteiger partial charge in [-0.05, 0) is 48.1 Å². The van der Waals surface area contributed by atoms with Crippen molar-refractivity contribution in [1.29, 1.82) is 0 Å². The van der Waals surface area contributed by atoms with Gasteiger partial charge in [0.25, 0.3) is 0 Å². The van der Waals surface area contributed by atoms with Crippen LogP contribution in [0.5, 0.6) is 11.5 Å². The molecule has 0 heterocycles. The summed E-state index contributed by atoms with van der Waals surface area (Å²) >= 11 is 0. The SMILES string of the molecule is COc1ccc(CNC2CCc3ccccc3C2)cc1O. The highest BCUT2D eigenvalue weighted by atomic mass is 16.5. The smallest absolute Gasteiger partial charge is 0.160 e. The lowest BCUT2D eigenvalue weighted by molar-refractivity contribution is 0.372. The van der Waals surface area contributed by atoms with Crippen LogP contribution in [0.4, 0.5) is 0 Å². The molecule has 1 aliphatic rings. The maximum Gasteiger partial charge on any atom is 0.160 e. The van der Waals surface area contributed by atoms with Gasteiger partial charge in [-0.25, -0.2) is 0 Å². The van der Waals surface area contributed by atoms with E-state index in [1.807, 2.05) is 12.1 Å². The summed E-state index contributed by atoms with van der Waals surface area (Å²) in [6, 6.07) is 14.8. The fraction of sp³-hybridized carbons (Fsp3) is 0.333.